The number of ketones is 1. The number of anilines is 2. The van der Waals surface area contributed by atoms with Gasteiger partial charge in [-0.3, -0.25) is 24.1 Å². The van der Waals surface area contributed by atoms with Crippen LogP contribution in [-0.4, -0.2) is 36.2 Å². The number of fused-ring (bicyclic) bond motifs is 2. The molecule has 2 aliphatic rings. The maximum Gasteiger partial charge on any atom is 0.307 e. The van der Waals surface area contributed by atoms with E-state index < -0.39 is 18.0 Å². The first-order chi connectivity index (χ1) is 14.9. The molecule has 0 unspecified atom stereocenters. The van der Waals surface area contributed by atoms with Gasteiger partial charge in [0, 0.05) is 12.0 Å². The van der Waals surface area contributed by atoms with Crippen molar-refractivity contribution >= 4 is 34.9 Å². The molecule has 31 heavy (non-hydrogen) atoms. The lowest BCUT2D eigenvalue weighted by Gasteiger charge is -2.30. The molecule has 0 fully saturated rings. The highest BCUT2D eigenvalue weighted by molar-refractivity contribution is 6.11. The van der Waals surface area contributed by atoms with Gasteiger partial charge in [-0.1, -0.05) is 24.3 Å². The Balaban J connectivity index is 1.33. The summed E-state index contributed by atoms with van der Waals surface area (Å²) in [6, 6.07) is 12.7. The van der Waals surface area contributed by atoms with Crippen LogP contribution in [0.4, 0.5) is 11.4 Å². The highest BCUT2D eigenvalue weighted by Gasteiger charge is 2.31. The zero-order chi connectivity index (χ0) is 22.0. The number of para-hydroxylation sites is 2. The lowest BCUT2D eigenvalue weighted by molar-refractivity contribution is -0.153. The molecule has 0 spiro atoms. The predicted molar refractivity (Wildman–Crippen MR) is 115 cm³/mol. The Labute approximate surface area is 180 Å². The van der Waals surface area contributed by atoms with Crippen LogP contribution in [0.2, 0.25) is 0 Å². The van der Waals surface area contributed by atoms with Crippen LogP contribution in [0.1, 0.15) is 47.7 Å². The van der Waals surface area contributed by atoms with Crippen LogP contribution < -0.4 is 10.2 Å². The van der Waals surface area contributed by atoms with E-state index in [1.54, 1.807) is 24.3 Å². The standard InChI is InChI=1S/C24H24N2O5/c1-15(24(30)26-14-22(28)25-19-7-2-3-8-20(19)26)31-23(29)12-11-21(27)18-10-9-16-5-4-6-17(16)13-18/h2-3,7-10,13,15H,4-6,11-12,14H2,1H3,(H,25,28)/t15-/m0/s1. The minimum Gasteiger partial charge on any atom is -0.453 e. The number of benzene rings is 2. The van der Waals surface area contributed by atoms with Gasteiger partial charge in [0.25, 0.3) is 5.91 Å². The first-order valence-corrected chi connectivity index (χ1v) is 10.5. The van der Waals surface area contributed by atoms with Gasteiger partial charge in [-0.25, -0.2) is 0 Å². The van der Waals surface area contributed by atoms with Crippen molar-refractivity contribution in [3.05, 3.63) is 59.2 Å². The van der Waals surface area contributed by atoms with E-state index in [-0.39, 0.29) is 31.1 Å². The second-order valence-corrected chi connectivity index (χ2v) is 7.88. The molecule has 4 rings (SSSR count). The molecule has 0 saturated carbocycles. The van der Waals surface area contributed by atoms with Crippen LogP contribution in [0.15, 0.2) is 42.5 Å². The number of esters is 1. The average molecular weight is 420 g/mol. The second kappa shape index (κ2) is 8.71. The molecule has 2 aromatic rings. The summed E-state index contributed by atoms with van der Waals surface area (Å²) in [5.41, 5.74) is 4.19. The van der Waals surface area contributed by atoms with Crippen molar-refractivity contribution < 1.29 is 23.9 Å². The van der Waals surface area contributed by atoms with Gasteiger partial charge >= 0.3 is 5.97 Å². The third-order valence-electron chi connectivity index (χ3n) is 5.67. The Hall–Kier alpha value is -3.48. The molecule has 0 radical (unpaired) electrons. The smallest absolute Gasteiger partial charge is 0.307 e. The zero-order valence-electron chi connectivity index (χ0n) is 17.3. The molecule has 160 valence electrons. The largest absolute Gasteiger partial charge is 0.453 e. The molecule has 1 atom stereocenters. The van der Waals surface area contributed by atoms with Crippen molar-refractivity contribution in [1.29, 1.82) is 0 Å². The van der Waals surface area contributed by atoms with E-state index in [1.165, 1.54) is 23.0 Å². The first kappa shape index (κ1) is 20.8. The van der Waals surface area contributed by atoms with Crippen LogP contribution in [-0.2, 0) is 32.0 Å². The van der Waals surface area contributed by atoms with Crippen LogP contribution in [0.5, 0.6) is 0 Å². The van der Waals surface area contributed by atoms with Crippen LogP contribution >= 0.6 is 0 Å². The molecular weight excluding hydrogens is 396 g/mol. The summed E-state index contributed by atoms with van der Waals surface area (Å²) >= 11 is 0. The first-order valence-electron chi connectivity index (χ1n) is 10.5. The van der Waals surface area contributed by atoms with Gasteiger partial charge in [-0.15, -0.1) is 0 Å². The number of nitrogens with zero attached hydrogens (tertiary/aromatic N) is 1. The quantitative estimate of drug-likeness (QED) is 0.573. The summed E-state index contributed by atoms with van der Waals surface area (Å²) in [6.45, 7) is 1.33. The lowest BCUT2D eigenvalue weighted by atomic mass is 10.0. The van der Waals surface area contributed by atoms with E-state index >= 15 is 0 Å². The Morgan fingerprint density at radius 1 is 1.06 bits per heavy atom. The number of carbonyl (C=O) groups excluding carboxylic acids is 4. The average Bonchev–Trinajstić information content (AvgIpc) is 3.24. The molecule has 7 nitrogen and oxygen atoms in total. The number of hydrogen-bond acceptors (Lipinski definition) is 5. The van der Waals surface area contributed by atoms with Gasteiger partial charge in [0.15, 0.2) is 11.9 Å². The van der Waals surface area contributed by atoms with Gasteiger partial charge in [-0.2, -0.15) is 0 Å². The summed E-state index contributed by atoms with van der Waals surface area (Å²) in [7, 11) is 0. The normalized spacial score (nSPS) is 15.5. The van der Waals surface area contributed by atoms with E-state index in [0.29, 0.717) is 16.9 Å². The number of ether oxygens (including phenoxy) is 1. The summed E-state index contributed by atoms with van der Waals surface area (Å²) in [5.74, 6) is -1.54. The molecule has 2 aromatic carbocycles. The van der Waals surface area contributed by atoms with Crippen molar-refractivity contribution in [2.75, 3.05) is 16.8 Å². The predicted octanol–water partition coefficient (Wildman–Crippen LogP) is 3.06. The summed E-state index contributed by atoms with van der Waals surface area (Å²) in [5, 5.41) is 2.71. The number of hydrogen-bond donors (Lipinski definition) is 1. The van der Waals surface area contributed by atoms with Crippen LogP contribution in [0, 0.1) is 0 Å². The van der Waals surface area contributed by atoms with E-state index in [2.05, 4.69) is 5.32 Å². The molecule has 7 heteroatoms. The summed E-state index contributed by atoms with van der Waals surface area (Å²) in [6.07, 6.45) is 1.98. The van der Waals surface area contributed by atoms with Gasteiger partial charge in [0.05, 0.1) is 17.8 Å². The molecular formula is C24H24N2O5. The summed E-state index contributed by atoms with van der Waals surface area (Å²) < 4.78 is 5.26. The number of carbonyl (C=O) groups is 4. The van der Waals surface area contributed by atoms with Gasteiger partial charge in [0.1, 0.15) is 6.54 Å². The fraction of sp³-hybridized carbons (Fsp3) is 0.333. The minimum atomic E-state index is -1.07. The molecule has 1 N–H and O–H groups in total. The minimum absolute atomic E-state index is 0.0213. The van der Waals surface area contributed by atoms with Crippen molar-refractivity contribution in [1.82, 2.24) is 0 Å². The Kier molecular flexibility index (Phi) is 5.84. The number of nitrogens with one attached hydrogen (secondary N) is 1. The Morgan fingerprint density at radius 3 is 2.68 bits per heavy atom. The molecule has 1 aliphatic heterocycles. The van der Waals surface area contributed by atoms with Crippen molar-refractivity contribution in [2.45, 2.75) is 45.1 Å². The van der Waals surface area contributed by atoms with E-state index in [4.69, 9.17) is 4.74 Å². The third-order valence-corrected chi connectivity index (χ3v) is 5.67. The molecule has 1 aliphatic carbocycles. The van der Waals surface area contributed by atoms with Crippen LogP contribution in [0.3, 0.4) is 0 Å². The van der Waals surface area contributed by atoms with E-state index in [0.717, 1.165) is 19.3 Å². The van der Waals surface area contributed by atoms with Crippen molar-refractivity contribution in [3.63, 3.8) is 0 Å². The number of aryl methyl sites for hydroxylation is 2. The maximum atomic E-state index is 12.8. The monoisotopic (exact) mass is 420 g/mol. The van der Waals surface area contributed by atoms with Gasteiger partial charge in [0.2, 0.25) is 5.91 Å². The molecule has 2 amide bonds. The van der Waals surface area contributed by atoms with Crippen LogP contribution in [0.25, 0.3) is 0 Å². The second-order valence-electron chi connectivity index (χ2n) is 7.88. The highest BCUT2D eigenvalue weighted by atomic mass is 16.5. The van der Waals surface area contributed by atoms with Gasteiger partial charge < -0.3 is 10.1 Å². The Morgan fingerprint density at radius 2 is 1.84 bits per heavy atom. The van der Waals surface area contributed by atoms with Crippen molar-refractivity contribution in [3.8, 4) is 0 Å². The van der Waals surface area contributed by atoms with Gasteiger partial charge in [-0.05, 0) is 55.5 Å². The zero-order valence-corrected chi connectivity index (χ0v) is 17.3. The maximum absolute atomic E-state index is 12.8. The fourth-order valence-electron chi connectivity index (χ4n) is 4.06. The molecule has 0 aromatic heterocycles. The number of rotatable bonds is 6. The highest BCUT2D eigenvalue weighted by Crippen LogP contribution is 2.29. The SMILES string of the molecule is C[C@H](OC(=O)CCC(=O)c1ccc2c(c1)CCC2)C(=O)N1CC(=O)Nc2ccccc21. The lowest BCUT2D eigenvalue weighted by Crippen LogP contribution is -2.47. The topological polar surface area (TPSA) is 92.8 Å². The third kappa shape index (κ3) is 4.50. The Bertz CT molecular complexity index is 1060. The summed E-state index contributed by atoms with van der Waals surface area (Å²) in [4.78, 5) is 50.7. The molecule has 0 bridgehead atoms. The number of Topliss-reactive ketones (excluding diaryl/α,β-unsaturated/α-hetero) is 1. The van der Waals surface area contributed by atoms with E-state index in [1.807, 2.05) is 18.2 Å². The molecule has 1 heterocycles. The number of amides is 2. The molecule has 0 saturated heterocycles. The fourth-order valence-corrected chi connectivity index (χ4v) is 4.06. The van der Waals surface area contributed by atoms with Crippen molar-refractivity contribution in [2.24, 2.45) is 0 Å². The van der Waals surface area contributed by atoms with E-state index in [9.17, 15) is 19.2 Å².